The summed E-state index contributed by atoms with van der Waals surface area (Å²) in [6, 6.07) is 24.0. The van der Waals surface area contributed by atoms with Gasteiger partial charge in [-0.1, -0.05) is 35.5 Å². The summed E-state index contributed by atoms with van der Waals surface area (Å²) in [7, 11) is 3.28. The van der Waals surface area contributed by atoms with Crippen LogP contribution >= 0.6 is 0 Å². The Bertz CT molecular complexity index is 1310. The van der Waals surface area contributed by atoms with Crippen molar-refractivity contribution in [3.63, 3.8) is 0 Å². The zero-order valence-electron chi connectivity index (χ0n) is 19.7. The molecule has 5 nitrogen and oxygen atoms in total. The van der Waals surface area contributed by atoms with Gasteiger partial charge in [-0.05, 0) is 67.9 Å². The van der Waals surface area contributed by atoms with Gasteiger partial charge >= 0.3 is 0 Å². The van der Waals surface area contributed by atoms with Gasteiger partial charge in [-0.3, -0.25) is 0 Å². The van der Waals surface area contributed by atoms with Crippen LogP contribution in [0.4, 0.5) is 4.39 Å². The highest BCUT2D eigenvalue weighted by molar-refractivity contribution is 6.01. The Morgan fingerprint density at radius 1 is 0.882 bits per heavy atom. The summed E-state index contributed by atoms with van der Waals surface area (Å²) in [6.07, 6.45) is 0. The van der Waals surface area contributed by atoms with Crippen LogP contribution in [0.3, 0.4) is 0 Å². The van der Waals surface area contributed by atoms with E-state index in [1.807, 2.05) is 68.4 Å². The molecule has 0 fully saturated rings. The van der Waals surface area contributed by atoms with Gasteiger partial charge in [-0.25, -0.2) is 4.39 Å². The first-order valence-corrected chi connectivity index (χ1v) is 10.9. The highest BCUT2D eigenvalue weighted by Crippen LogP contribution is 2.34. The van der Waals surface area contributed by atoms with E-state index in [-0.39, 0.29) is 5.82 Å². The maximum absolute atomic E-state index is 13.6. The van der Waals surface area contributed by atoms with Crippen molar-refractivity contribution in [2.75, 3.05) is 14.2 Å². The molecule has 0 aliphatic rings. The molecular weight excluding hydrogens is 431 g/mol. The Morgan fingerprint density at radius 3 is 2.24 bits per heavy atom. The molecule has 1 heterocycles. The fourth-order valence-corrected chi connectivity index (χ4v) is 4.00. The first kappa shape index (κ1) is 23.1. The van der Waals surface area contributed by atoms with Gasteiger partial charge in [-0.15, -0.1) is 0 Å². The van der Waals surface area contributed by atoms with Gasteiger partial charge in [0.2, 0.25) is 0 Å². The maximum atomic E-state index is 13.6. The van der Waals surface area contributed by atoms with Crippen LogP contribution in [0.2, 0.25) is 0 Å². The number of aromatic nitrogens is 1. The van der Waals surface area contributed by atoms with Crippen LogP contribution in [0.15, 0.2) is 84.0 Å². The van der Waals surface area contributed by atoms with Gasteiger partial charge in [0.05, 0.1) is 31.3 Å². The largest absolute Gasteiger partial charge is 0.496 e. The van der Waals surface area contributed by atoms with Gasteiger partial charge < -0.3 is 18.9 Å². The molecule has 6 heteroatoms. The highest BCUT2D eigenvalue weighted by atomic mass is 19.1. The molecule has 3 aromatic carbocycles. The van der Waals surface area contributed by atoms with E-state index in [0.717, 1.165) is 51.0 Å². The summed E-state index contributed by atoms with van der Waals surface area (Å²) >= 11 is 0. The number of ether oxygens (including phenoxy) is 2. The zero-order chi connectivity index (χ0) is 24.1. The number of para-hydroxylation sites is 3. The van der Waals surface area contributed by atoms with Gasteiger partial charge in [-0.2, -0.15) is 0 Å². The Kier molecular flexibility index (Phi) is 6.97. The molecule has 0 spiro atoms. The topological polar surface area (TPSA) is 45.0 Å². The zero-order valence-corrected chi connectivity index (χ0v) is 19.7. The molecule has 0 aliphatic carbocycles. The monoisotopic (exact) mass is 458 g/mol. The molecule has 0 atom stereocenters. The molecule has 0 amide bonds. The fraction of sp³-hybridized carbons (Fsp3) is 0.179. The normalized spacial score (nSPS) is 11.4. The molecule has 4 rings (SSSR count). The van der Waals surface area contributed by atoms with E-state index in [9.17, 15) is 4.39 Å². The lowest BCUT2D eigenvalue weighted by Crippen LogP contribution is -2.04. The Balaban J connectivity index is 1.74. The molecule has 0 saturated carbocycles. The summed E-state index contributed by atoms with van der Waals surface area (Å²) in [4.78, 5) is 5.68. The Labute approximate surface area is 199 Å². The highest BCUT2D eigenvalue weighted by Gasteiger charge is 2.19. The number of rotatable bonds is 8. The second kappa shape index (κ2) is 10.3. The first-order valence-electron chi connectivity index (χ1n) is 10.9. The Morgan fingerprint density at radius 2 is 1.53 bits per heavy atom. The number of nitrogens with zero attached hydrogens (tertiary/aromatic N) is 2. The molecule has 174 valence electrons. The fourth-order valence-electron chi connectivity index (χ4n) is 4.00. The van der Waals surface area contributed by atoms with Crippen molar-refractivity contribution in [1.82, 2.24) is 4.57 Å². The van der Waals surface area contributed by atoms with Gasteiger partial charge in [0.1, 0.15) is 23.9 Å². The Hall–Kier alpha value is -4.06. The van der Waals surface area contributed by atoms with Crippen molar-refractivity contribution < 1.29 is 18.7 Å². The van der Waals surface area contributed by atoms with E-state index in [0.29, 0.717) is 6.61 Å². The molecule has 0 aliphatic heterocycles. The van der Waals surface area contributed by atoms with Gasteiger partial charge in [0.25, 0.3) is 0 Å². The molecule has 1 aromatic heterocycles. The van der Waals surface area contributed by atoms with Crippen LogP contribution in [0, 0.1) is 12.7 Å². The lowest BCUT2D eigenvalue weighted by molar-refractivity contribution is 0.128. The van der Waals surface area contributed by atoms with Crippen LogP contribution < -0.4 is 9.47 Å². The van der Waals surface area contributed by atoms with Crippen molar-refractivity contribution in [3.8, 4) is 28.4 Å². The van der Waals surface area contributed by atoms with Crippen molar-refractivity contribution in [2.45, 2.75) is 20.5 Å². The van der Waals surface area contributed by atoms with Crippen LogP contribution in [-0.4, -0.2) is 24.5 Å². The smallest absolute Gasteiger partial charge is 0.145 e. The van der Waals surface area contributed by atoms with Crippen molar-refractivity contribution >= 4 is 5.71 Å². The van der Waals surface area contributed by atoms with E-state index in [2.05, 4.69) is 9.72 Å². The molecule has 34 heavy (non-hydrogen) atoms. The summed E-state index contributed by atoms with van der Waals surface area (Å²) in [5.74, 6) is 1.21. The quantitative estimate of drug-likeness (QED) is 0.222. The van der Waals surface area contributed by atoms with Crippen molar-refractivity contribution in [3.05, 3.63) is 102 Å². The molecule has 0 N–H and O–H groups in total. The number of oxime groups is 1. The number of hydrogen-bond donors (Lipinski definition) is 0. The molecule has 0 unspecified atom stereocenters. The number of halogens is 1. The lowest BCUT2D eigenvalue weighted by atomic mass is 10.1. The third-order valence-corrected chi connectivity index (χ3v) is 5.72. The van der Waals surface area contributed by atoms with E-state index < -0.39 is 0 Å². The van der Waals surface area contributed by atoms with E-state index in [1.54, 1.807) is 26.4 Å². The summed E-state index contributed by atoms with van der Waals surface area (Å²) in [5, 5.41) is 4.38. The van der Waals surface area contributed by atoms with Gasteiger partial charge in [0, 0.05) is 16.8 Å². The number of methoxy groups -OCH3 is 2. The van der Waals surface area contributed by atoms with Crippen LogP contribution in [0.25, 0.3) is 16.9 Å². The molecular formula is C28H27FN2O3. The lowest BCUT2D eigenvalue weighted by Gasteiger charge is -2.15. The number of benzene rings is 3. The van der Waals surface area contributed by atoms with Crippen LogP contribution in [0.1, 0.15) is 23.7 Å². The van der Waals surface area contributed by atoms with E-state index in [4.69, 9.17) is 14.3 Å². The third kappa shape index (κ3) is 4.66. The predicted octanol–water partition coefficient (Wildman–Crippen LogP) is 6.55. The minimum Gasteiger partial charge on any atom is -0.496 e. The maximum Gasteiger partial charge on any atom is 0.145 e. The molecule has 0 radical (unpaired) electrons. The van der Waals surface area contributed by atoms with Gasteiger partial charge in [0.15, 0.2) is 0 Å². The SMILES string of the molecule is COc1ccccc1CON=C(C)c1cc(-c2ccc(F)cc2)n(-c2ccccc2OC)c1C. The first-order chi connectivity index (χ1) is 16.5. The molecule has 0 bridgehead atoms. The number of hydrogen-bond acceptors (Lipinski definition) is 4. The standard InChI is InChI=1S/C28H27FN2O3/c1-19(30-34-18-22-9-5-7-11-27(22)32-3)24-17-26(21-13-15-23(29)16-14-21)31(20(24)2)25-10-6-8-12-28(25)33-4/h5-17H,18H2,1-4H3. The second-order valence-electron chi connectivity index (χ2n) is 7.80. The van der Waals surface area contributed by atoms with E-state index >= 15 is 0 Å². The van der Waals surface area contributed by atoms with Crippen molar-refractivity contribution in [1.29, 1.82) is 0 Å². The predicted molar refractivity (Wildman–Crippen MR) is 132 cm³/mol. The summed E-state index contributed by atoms with van der Waals surface area (Å²) < 4.78 is 26.7. The van der Waals surface area contributed by atoms with Crippen LogP contribution in [-0.2, 0) is 11.4 Å². The second-order valence-corrected chi connectivity index (χ2v) is 7.80. The summed E-state index contributed by atoms with van der Waals surface area (Å²) in [6.45, 7) is 4.22. The van der Waals surface area contributed by atoms with Crippen LogP contribution in [0.5, 0.6) is 11.5 Å². The minimum atomic E-state index is -0.279. The van der Waals surface area contributed by atoms with E-state index in [1.165, 1.54) is 12.1 Å². The van der Waals surface area contributed by atoms with Crippen molar-refractivity contribution in [2.24, 2.45) is 5.16 Å². The molecule has 4 aromatic rings. The third-order valence-electron chi connectivity index (χ3n) is 5.72. The average Bonchev–Trinajstić information content (AvgIpc) is 3.21. The summed E-state index contributed by atoms with van der Waals surface area (Å²) in [5.41, 5.74) is 6.19. The minimum absolute atomic E-state index is 0.279. The average molecular weight is 459 g/mol. The molecule has 0 saturated heterocycles.